The van der Waals surface area contributed by atoms with E-state index in [9.17, 15) is 4.79 Å². The number of likely N-dealkylation sites (tertiary alicyclic amines) is 1. The molecule has 1 saturated heterocycles. The number of hydrogen-bond acceptors (Lipinski definition) is 4. The SMILES string of the molecule is O=C(CN1CCC(Cn2c(COc3ccccc3)nc3ccccc32)CC1)NCc1ccccc1Cl. The Balaban J connectivity index is 1.16. The van der Waals surface area contributed by atoms with Gasteiger partial charge in [0.2, 0.25) is 5.91 Å². The Morgan fingerprint density at radius 1 is 0.972 bits per heavy atom. The lowest BCUT2D eigenvalue weighted by Crippen LogP contribution is -2.42. The zero-order valence-electron chi connectivity index (χ0n) is 20.3. The van der Waals surface area contributed by atoms with E-state index in [0.29, 0.717) is 30.6 Å². The number of fused-ring (bicyclic) bond motifs is 1. The van der Waals surface area contributed by atoms with Gasteiger partial charge in [-0.3, -0.25) is 9.69 Å². The van der Waals surface area contributed by atoms with Crippen LogP contribution in [0.3, 0.4) is 0 Å². The van der Waals surface area contributed by atoms with Crippen molar-refractivity contribution in [1.29, 1.82) is 0 Å². The third kappa shape index (κ3) is 6.07. The number of nitrogens with zero attached hydrogens (tertiary/aromatic N) is 3. The quantitative estimate of drug-likeness (QED) is 0.337. The summed E-state index contributed by atoms with van der Waals surface area (Å²) < 4.78 is 8.34. The lowest BCUT2D eigenvalue weighted by Gasteiger charge is -2.32. The fourth-order valence-corrected chi connectivity index (χ4v) is 4.99. The van der Waals surface area contributed by atoms with Crippen molar-refractivity contribution in [3.05, 3.63) is 95.3 Å². The van der Waals surface area contributed by atoms with Gasteiger partial charge in [0, 0.05) is 18.1 Å². The largest absolute Gasteiger partial charge is 0.486 e. The number of piperidine rings is 1. The van der Waals surface area contributed by atoms with E-state index in [0.717, 1.165) is 60.6 Å². The molecule has 1 aliphatic heterocycles. The average Bonchev–Trinajstić information content (AvgIpc) is 3.26. The van der Waals surface area contributed by atoms with E-state index >= 15 is 0 Å². The molecule has 186 valence electrons. The van der Waals surface area contributed by atoms with Crippen LogP contribution in [0.5, 0.6) is 5.75 Å². The Labute approximate surface area is 216 Å². The summed E-state index contributed by atoms with van der Waals surface area (Å²) in [6.45, 7) is 4.03. The highest BCUT2D eigenvalue weighted by Gasteiger charge is 2.23. The van der Waals surface area contributed by atoms with Crippen molar-refractivity contribution < 1.29 is 9.53 Å². The molecule has 1 aliphatic rings. The molecule has 0 bridgehead atoms. The van der Waals surface area contributed by atoms with Crippen LogP contribution in [0.2, 0.25) is 5.02 Å². The molecule has 5 rings (SSSR count). The minimum Gasteiger partial charge on any atom is -0.486 e. The van der Waals surface area contributed by atoms with E-state index in [1.807, 2.05) is 60.7 Å². The minimum atomic E-state index is 0.0364. The van der Waals surface area contributed by atoms with Crippen LogP contribution in [-0.4, -0.2) is 40.0 Å². The standard InChI is InChI=1S/C29H31ClN4O2/c30-25-11-5-4-8-23(25)18-31-29(35)20-33-16-14-22(15-17-33)19-34-27-13-7-6-12-26(27)32-28(34)21-36-24-9-2-1-3-10-24/h1-13,22H,14-21H2,(H,31,35). The molecule has 2 heterocycles. The number of aromatic nitrogens is 2. The fraction of sp³-hybridized carbons (Fsp3) is 0.310. The number of carbonyl (C=O) groups excluding carboxylic acids is 1. The Bertz CT molecular complexity index is 1300. The van der Waals surface area contributed by atoms with Crippen LogP contribution in [-0.2, 0) is 24.5 Å². The van der Waals surface area contributed by atoms with E-state index in [1.54, 1.807) is 0 Å². The summed E-state index contributed by atoms with van der Waals surface area (Å²) in [5, 5.41) is 3.68. The molecule has 4 aromatic rings. The van der Waals surface area contributed by atoms with Gasteiger partial charge in [0.05, 0.1) is 17.6 Å². The van der Waals surface area contributed by atoms with Crippen molar-refractivity contribution in [3.63, 3.8) is 0 Å². The summed E-state index contributed by atoms with van der Waals surface area (Å²) in [5.74, 6) is 2.36. The van der Waals surface area contributed by atoms with E-state index in [-0.39, 0.29) is 5.91 Å². The topological polar surface area (TPSA) is 59.4 Å². The molecule has 36 heavy (non-hydrogen) atoms. The maximum atomic E-state index is 12.5. The van der Waals surface area contributed by atoms with Gasteiger partial charge >= 0.3 is 0 Å². The number of ether oxygens (including phenoxy) is 1. The number of para-hydroxylation sites is 3. The maximum Gasteiger partial charge on any atom is 0.234 e. The van der Waals surface area contributed by atoms with Crippen molar-refractivity contribution in [2.45, 2.75) is 32.5 Å². The molecule has 0 unspecified atom stereocenters. The van der Waals surface area contributed by atoms with Gasteiger partial charge in [-0.1, -0.05) is 60.1 Å². The van der Waals surface area contributed by atoms with E-state index in [4.69, 9.17) is 21.3 Å². The predicted molar refractivity (Wildman–Crippen MR) is 143 cm³/mol. The van der Waals surface area contributed by atoms with Gasteiger partial charge in [-0.25, -0.2) is 4.98 Å². The molecule has 0 aliphatic carbocycles. The monoisotopic (exact) mass is 502 g/mol. The molecular formula is C29H31ClN4O2. The lowest BCUT2D eigenvalue weighted by atomic mass is 9.96. The average molecular weight is 503 g/mol. The molecule has 7 heteroatoms. The van der Waals surface area contributed by atoms with Gasteiger partial charge < -0.3 is 14.6 Å². The van der Waals surface area contributed by atoms with Crippen LogP contribution < -0.4 is 10.1 Å². The van der Waals surface area contributed by atoms with E-state index < -0.39 is 0 Å². The first-order valence-corrected chi connectivity index (χ1v) is 12.9. The zero-order valence-corrected chi connectivity index (χ0v) is 21.0. The van der Waals surface area contributed by atoms with Gasteiger partial charge in [0.1, 0.15) is 18.2 Å². The normalized spacial score (nSPS) is 14.7. The van der Waals surface area contributed by atoms with Crippen LogP contribution >= 0.6 is 11.6 Å². The zero-order chi connectivity index (χ0) is 24.7. The molecule has 1 N–H and O–H groups in total. The summed E-state index contributed by atoms with van der Waals surface area (Å²) in [6, 6.07) is 25.7. The first kappa shape index (κ1) is 24.3. The van der Waals surface area contributed by atoms with Crippen LogP contribution in [0, 0.1) is 5.92 Å². The predicted octanol–water partition coefficient (Wildman–Crippen LogP) is 5.30. The Kier molecular flexibility index (Phi) is 7.84. The first-order chi connectivity index (χ1) is 17.7. The van der Waals surface area contributed by atoms with Crippen molar-refractivity contribution in [3.8, 4) is 5.75 Å². The summed E-state index contributed by atoms with van der Waals surface area (Å²) in [5.41, 5.74) is 3.08. The maximum absolute atomic E-state index is 12.5. The number of amides is 1. The van der Waals surface area contributed by atoms with Gasteiger partial charge in [-0.05, 0) is 67.7 Å². The van der Waals surface area contributed by atoms with Crippen molar-refractivity contribution in [1.82, 2.24) is 19.8 Å². The molecule has 1 amide bonds. The smallest absolute Gasteiger partial charge is 0.234 e. The Morgan fingerprint density at radius 3 is 2.50 bits per heavy atom. The van der Waals surface area contributed by atoms with Gasteiger partial charge in [0.25, 0.3) is 0 Å². The number of benzene rings is 3. The number of nitrogens with one attached hydrogen (secondary N) is 1. The Hall–Kier alpha value is -3.35. The van der Waals surface area contributed by atoms with Crippen molar-refractivity contribution >= 4 is 28.5 Å². The molecule has 0 radical (unpaired) electrons. The second kappa shape index (κ2) is 11.6. The molecule has 3 aromatic carbocycles. The summed E-state index contributed by atoms with van der Waals surface area (Å²) in [4.78, 5) is 19.6. The second-order valence-electron chi connectivity index (χ2n) is 9.32. The fourth-order valence-electron chi connectivity index (χ4n) is 4.78. The lowest BCUT2D eigenvalue weighted by molar-refractivity contribution is -0.122. The number of rotatable bonds is 9. The molecule has 0 spiro atoms. The first-order valence-electron chi connectivity index (χ1n) is 12.5. The highest BCUT2D eigenvalue weighted by Crippen LogP contribution is 2.24. The minimum absolute atomic E-state index is 0.0364. The van der Waals surface area contributed by atoms with Crippen LogP contribution in [0.4, 0.5) is 0 Å². The van der Waals surface area contributed by atoms with Crippen LogP contribution in [0.25, 0.3) is 11.0 Å². The van der Waals surface area contributed by atoms with Crippen LogP contribution in [0.1, 0.15) is 24.2 Å². The summed E-state index contributed by atoms with van der Waals surface area (Å²) in [7, 11) is 0. The molecule has 1 fully saturated rings. The van der Waals surface area contributed by atoms with Gasteiger partial charge in [-0.15, -0.1) is 0 Å². The molecule has 0 atom stereocenters. The molecule has 6 nitrogen and oxygen atoms in total. The van der Waals surface area contributed by atoms with Gasteiger partial charge in [0.15, 0.2) is 0 Å². The van der Waals surface area contributed by atoms with E-state index in [2.05, 4.69) is 33.0 Å². The van der Waals surface area contributed by atoms with Crippen molar-refractivity contribution in [2.75, 3.05) is 19.6 Å². The number of imidazole rings is 1. The van der Waals surface area contributed by atoms with E-state index in [1.165, 1.54) is 0 Å². The number of halogens is 1. The highest BCUT2D eigenvalue weighted by molar-refractivity contribution is 6.31. The van der Waals surface area contributed by atoms with Crippen LogP contribution in [0.15, 0.2) is 78.9 Å². The Morgan fingerprint density at radius 2 is 1.69 bits per heavy atom. The summed E-state index contributed by atoms with van der Waals surface area (Å²) >= 11 is 6.20. The second-order valence-corrected chi connectivity index (χ2v) is 9.72. The van der Waals surface area contributed by atoms with Crippen molar-refractivity contribution in [2.24, 2.45) is 5.92 Å². The van der Waals surface area contributed by atoms with Gasteiger partial charge in [-0.2, -0.15) is 0 Å². The molecule has 0 saturated carbocycles. The number of hydrogen-bond donors (Lipinski definition) is 1. The third-order valence-electron chi connectivity index (χ3n) is 6.79. The molecular weight excluding hydrogens is 472 g/mol. The third-order valence-corrected chi connectivity index (χ3v) is 7.16. The summed E-state index contributed by atoms with van der Waals surface area (Å²) in [6.07, 6.45) is 2.09. The highest BCUT2D eigenvalue weighted by atomic mass is 35.5. The molecule has 1 aromatic heterocycles. The number of carbonyl (C=O) groups is 1.